The minimum atomic E-state index is -0.509. The van der Waals surface area contributed by atoms with E-state index in [0.29, 0.717) is 30.4 Å². The molecule has 29 heavy (non-hydrogen) atoms. The van der Waals surface area contributed by atoms with Crippen LogP contribution >= 0.6 is 0 Å². The summed E-state index contributed by atoms with van der Waals surface area (Å²) < 4.78 is 11.1. The van der Waals surface area contributed by atoms with Gasteiger partial charge in [-0.15, -0.1) is 0 Å². The Hall–Kier alpha value is -3.88. The van der Waals surface area contributed by atoms with Gasteiger partial charge in [-0.1, -0.05) is 6.07 Å². The van der Waals surface area contributed by atoms with Crippen molar-refractivity contribution in [2.45, 2.75) is 13.8 Å². The van der Waals surface area contributed by atoms with E-state index in [1.165, 1.54) is 6.33 Å². The van der Waals surface area contributed by atoms with Gasteiger partial charge >= 0.3 is 5.69 Å². The molecule has 148 valence electrons. The number of aryl methyl sites for hydroxylation is 2. The molecule has 2 aromatic carbocycles. The number of hydrogen-bond acceptors (Lipinski definition) is 8. The lowest BCUT2D eigenvalue weighted by Gasteiger charge is -2.19. The smallest absolute Gasteiger partial charge is 0.353 e. The van der Waals surface area contributed by atoms with Crippen molar-refractivity contribution in [1.29, 1.82) is 0 Å². The Morgan fingerprint density at radius 2 is 1.52 bits per heavy atom. The van der Waals surface area contributed by atoms with Gasteiger partial charge in [0.2, 0.25) is 11.6 Å². The Balaban J connectivity index is 1.67. The molecular formula is C20H19N5O4. The topological polar surface area (TPSA) is 111 Å². The van der Waals surface area contributed by atoms with Crippen LogP contribution in [-0.2, 0) is 0 Å². The number of fused-ring (bicyclic) bond motifs is 1. The second-order valence-electron chi connectivity index (χ2n) is 6.66. The molecule has 3 aromatic rings. The van der Waals surface area contributed by atoms with Crippen LogP contribution in [0.1, 0.15) is 11.1 Å². The molecule has 4 rings (SSSR count). The van der Waals surface area contributed by atoms with Crippen molar-refractivity contribution >= 4 is 28.7 Å². The summed E-state index contributed by atoms with van der Waals surface area (Å²) in [6, 6.07) is 11.0. The maximum absolute atomic E-state index is 11.8. The Labute approximate surface area is 166 Å². The Kier molecular flexibility index (Phi) is 4.86. The average Bonchev–Trinajstić information content (AvgIpc) is 2.67. The number of rotatable bonds is 5. The van der Waals surface area contributed by atoms with E-state index in [9.17, 15) is 10.1 Å². The van der Waals surface area contributed by atoms with Crippen molar-refractivity contribution in [1.82, 2.24) is 9.97 Å². The van der Waals surface area contributed by atoms with Crippen LogP contribution in [0.5, 0.6) is 11.5 Å². The van der Waals surface area contributed by atoms with Crippen molar-refractivity contribution < 1.29 is 14.4 Å². The van der Waals surface area contributed by atoms with Gasteiger partial charge in [-0.2, -0.15) is 0 Å². The van der Waals surface area contributed by atoms with Gasteiger partial charge in [-0.3, -0.25) is 10.1 Å². The van der Waals surface area contributed by atoms with Crippen molar-refractivity contribution in [3.63, 3.8) is 0 Å². The molecule has 0 aliphatic carbocycles. The van der Waals surface area contributed by atoms with E-state index in [-0.39, 0.29) is 17.3 Å². The molecule has 9 heteroatoms. The normalized spacial score (nSPS) is 12.3. The highest BCUT2D eigenvalue weighted by Gasteiger charge is 2.24. The van der Waals surface area contributed by atoms with E-state index in [1.807, 2.05) is 32.0 Å². The minimum Gasteiger partial charge on any atom is -0.486 e. The third-order valence-corrected chi connectivity index (χ3v) is 4.29. The van der Waals surface area contributed by atoms with Crippen LogP contribution in [0.2, 0.25) is 0 Å². The Morgan fingerprint density at radius 1 is 0.897 bits per heavy atom. The molecule has 1 aromatic heterocycles. The molecule has 2 N–H and O–H groups in total. The monoisotopic (exact) mass is 393 g/mol. The Morgan fingerprint density at radius 3 is 2.17 bits per heavy atom. The number of aromatic nitrogens is 2. The summed E-state index contributed by atoms with van der Waals surface area (Å²) in [5.41, 5.74) is 3.14. The molecule has 0 fully saturated rings. The summed E-state index contributed by atoms with van der Waals surface area (Å²) in [6.07, 6.45) is 1.28. The molecule has 0 atom stereocenters. The summed E-state index contributed by atoms with van der Waals surface area (Å²) >= 11 is 0. The summed E-state index contributed by atoms with van der Waals surface area (Å²) in [6.45, 7) is 4.86. The van der Waals surface area contributed by atoms with Crippen LogP contribution < -0.4 is 20.1 Å². The van der Waals surface area contributed by atoms with E-state index < -0.39 is 4.92 Å². The molecule has 0 bridgehead atoms. The van der Waals surface area contributed by atoms with Crippen molar-refractivity contribution in [2.24, 2.45) is 0 Å². The van der Waals surface area contributed by atoms with Gasteiger partial charge in [-0.25, -0.2) is 9.97 Å². The summed E-state index contributed by atoms with van der Waals surface area (Å²) in [4.78, 5) is 19.4. The van der Waals surface area contributed by atoms with Gasteiger partial charge in [0.05, 0.1) is 4.92 Å². The largest absolute Gasteiger partial charge is 0.486 e. The third-order valence-electron chi connectivity index (χ3n) is 4.29. The zero-order valence-electron chi connectivity index (χ0n) is 15.9. The fourth-order valence-electron chi connectivity index (χ4n) is 3.18. The van der Waals surface area contributed by atoms with Gasteiger partial charge in [0.1, 0.15) is 19.5 Å². The fourth-order valence-corrected chi connectivity index (χ4v) is 3.18. The molecule has 1 aliphatic rings. The maximum atomic E-state index is 11.8. The SMILES string of the molecule is Cc1cc(C)cc(Nc2ncnc(Nc3ccc4c(c3)OCCO4)c2[N+](=O)[O-])c1. The van der Waals surface area contributed by atoms with Crippen LogP contribution in [0.4, 0.5) is 28.7 Å². The number of anilines is 4. The van der Waals surface area contributed by atoms with Crippen molar-refractivity contribution in [3.05, 3.63) is 64.0 Å². The predicted octanol–water partition coefficient (Wildman–Crippen LogP) is 4.26. The van der Waals surface area contributed by atoms with Crippen LogP contribution in [0, 0.1) is 24.0 Å². The molecule has 0 unspecified atom stereocenters. The lowest BCUT2D eigenvalue weighted by atomic mass is 10.1. The number of nitrogens with zero attached hydrogens (tertiary/aromatic N) is 3. The first kappa shape index (κ1) is 18.5. The highest BCUT2D eigenvalue weighted by atomic mass is 16.6. The second kappa shape index (κ2) is 7.63. The molecule has 0 radical (unpaired) electrons. The van der Waals surface area contributed by atoms with E-state index in [1.54, 1.807) is 18.2 Å². The average molecular weight is 393 g/mol. The maximum Gasteiger partial charge on any atom is 0.353 e. The van der Waals surface area contributed by atoms with E-state index in [0.717, 1.165) is 16.8 Å². The second-order valence-corrected chi connectivity index (χ2v) is 6.66. The quantitative estimate of drug-likeness (QED) is 0.488. The number of hydrogen-bond donors (Lipinski definition) is 2. The number of benzene rings is 2. The molecule has 0 saturated carbocycles. The third kappa shape index (κ3) is 4.03. The molecular weight excluding hydrogens is 374 g/mol. The van der Waals surface area contributed by atoms with Crippen molar-refractivity contribution in [2.75, 3.05) is 23.8 Å². The van der Waals surface area contributed by atoms with Gasteiger partial charge in [0.15, 0.2) is 11.5 Å². The summed E-state index contributed by atoms with van der Waals surface area (Å²) in [5, 5.41) is 17.8. The lowest BCUT2D eigenvalue weighted by Crippen LogP contribution is -2.15. The molecule has 1 aliphatic heterocycles. The molecule has 9 nitrogen and oxygen atoms in total. The molecule has 0 spiro atoms. The standard InChI is InChI=1S/C20H19N5O4/c1-12-7-13(2)9-15(8-12)24-20-18(25(26)27)19(21-11-22-20)23-14-3-4-16-17(10-14)29-6-5-28-16/h3-4,7-11H,5-6H2,1-2H3,(H2,21,22,23,24). The number of ether oxygens (including phenoxy) is 2. The van der Waals surface area contributed by atoms with Crippen LogP contribution in [0.15, 0.2) is 42.7 Å². The van der Waals surface area contributed by atoms with Crippen LogP contribution in [-0.4, -0.2) is 28.1 Å². The number of nitro groups is 1. The van der Waals surface area contributed by atoms with Gasteiger partial charge < -0.3 is 20.1 Å². The highest BCUT2D eigenvalue weighted by Crippen LogP contribution is 2.36. The first-order chi connectivity index (χ1) is 14.0. The van der Waals surface area contributed by atoms with Crippen molar-refractivity contribution in [3.8, 4) is 11.5 Å². The summed E-state index contributed by atoms with van der Waals surface area (Å²) in [5.74, 6) is 1.39. The first-order valence-electron chi connectivity index (χ1n) is 9.01. The first-order valence-corrected chi connectivity index (χ1v) is 9.01. The summed E-state index contributed by atoms with van der Waals surface area (Å²) in [7, 11) is 0. The number of nitrogens with one attached hydrogen (secondary N) is 2. The Bertz CT molecular complexity index is 1070. The highest BCUT2D eigenvalue weighted by molar-refractivity contribution is 5.77. The predicted molar refractivity (Wildman–Crippen MR) is 109 cm³/mol. The molecule has 2 heterocycles. The zero-order chi connectivity index (χ0) is 20.4. The van der Waals surface area contributed by atoms with E-state index >= 15 is 0 Å². The fraction of sp³-hybridized carbons (Fsp3) is 0.200. The zero-order valence-corrected chi connectivity index (χ0v) is 15.9. The van der Waals surface area contributed by atoms with Gasteiger partial charge in [0, 0.05) is 17.4 Å². The van der Waals surface area contributed by atoms with Crippen LogP contribution in [0.25, 0.3) is 0 Å². The molecule has 0 amide bonds. The van der Waals surface area contributed by atoms with Gasteiger partial charge in [0.25, 0.3) is 0 Å². The lowest BCUT2D eigenvalue weighted by molar-refractivity contribution is -0.383. The van der Waals surface area contributed by atoms with Gasteiger partial charge in [-0.05, 0) is 49.2 Å². The van der Waals surface area contributed by atoms with E-state index in [2.05, 4.69) is 20.6 Å². The van der Waals surface area contributed by atoms with Crippen LogP contribution in [0.3, 0.4) is 0 Å². The minimum absolute atomic E-state index is 0.0774. The molecule has 0 saturated heterocycles. The van der Waals surface area contributed by atoms with E-state index in [4.69, 9.17) is 9.47 Å².